The second-order valence-corrected chi connectivity index (χ2v) is 10.9. The predicted octanol–water partition coefficient (Wildman–Crippen LogP) is 11.4. The van der Waals surface area contributed by atoms with Crippen molar-refractivity contribution in [3.05, 3.63) is 96.1 Å². The van der Waals surface area contributed by atoms with Crippen LogP contribution in [0.3, 0.4) is 0 Å². The summed E-state index contributed by atoms with van der Waals surface area (Å²) in [6, 6.07) is 27.3. The van der Waals surface area contributed by atoms with E-state index in [-0.39, 0.29) is 10.8 Å². The van der Waals surface area contributed by atoms with Crippen LogP contribution >= 0.6 is 0 Å². The summed E-state index contributed by atoms with van der Waals surface area (Å²) in [7, 11) is 0. The van der Waals surface area contributed by atoms with Crippen molar-refractivity contribution < 1.29 is 0 Å². The lowest BCUT2D eigenvalue weighted by Gasteiger charge is -2.40. The molecular weight excluding hydrogens is 446 g/mol. The van der Waals surface area contributed by atoms with Gasteiger partial charge in [-0.05, 0) is 95.5 Å². The molecule has 0 radical (unpaired) electrons. The van der Waals surface area contributed by atoms with E-state index in [1.54, 1.807) is 0 Å². The van der Waals surface area contributed by atoms with Crippen molar-refractivity contribution in [2.75, 3.05) is 4.90 Å². The SMILES string of the molecule is C=Cc1cccc(N(c2ccc(C(C)(CC)CC)cc2)c2ccc(C(CC)(CC)C(CC)CC)cc2)c1. The molecule has 37 heavy (non-hydrogen) atoms. The molecule has 0 aromatic heterocycles. The van der Waals surface area contributed by atoms with Crippen LogP contribution in [0, 0.1) is 5.92 Å². The average molecular weight is 496 g/mol. The van der Waals surface area contributed by atoms with E-state index in [0.717, 1.165) is 24.1 Å². The number of hydrogen-bond donors (Lipinski definition) is 0. The molecule has 0 N–H and O–H groups in total. The van der Waals surface area contributed by atoms with Crippen LogP contribution in [0.1, 0.15) is 104 Å². The van der Waals surface area contributed by atoms with Crippen LogP contribution < -0.4 is 4.90 Å². The van der Waals surface area contributed by atoms with Gasteiger partial charge in [-0.15, -0.1) is 0 Å². The van der Waals surface area contributed by atoms with Crippen molar-refractivity contribution in [3.63, 3.8) is 0 Å². The van der Waals surface area contributed by atoms with Gasteiger partial charge in [0.15, 0.2) is 0 Å². The molecule has 0 aliphatic carbocycles. The fourth-order valence-corrected chi connectivity index (χ4v) is 6.39. The molecule has 0 amide bonds. The summed E-state index contributed by atoms with van der Waals surface area (Å²) >= 11 is 0. The maximum atomic E-state index is 4.01. The molecule has 1 heteroatoms. The van der Waals surface area contributed by atoms with Crippen molar-refractivity contribution in [2.24, 2.45) is 5.92 Å². The maximum Gasteiger partial charge on any atom is 0.0467 e. The Morgan fingerprint density at radius 3 is 1.62 bits per heavy atom. The standard InChI is InChI=1S/C36H49N/c1-9-28-17-16-18-34(27-28)37(32-23-19-30(20-24-32)35(8,12-4)13-5)33-25-21-31(22-26-33)36(14-6,15-7)29(10-2)11-3/h9,16-27,29H,1,10-15H2,2-8H3. The zero-order valence-electron chi connectivity index (χ0n) is 24.5. The van der Waals surface area contributed by atoms with Gasteiger partial charge in [-0.25, -0.2) is 0 Å². The van der Waals surface area contributed by atoms with Crippen LogP contribution in [0.25, 0.3) is 6.08 Å². The fraction of sp³-hybridized carbons (Fsp3) is 0.444. The summed E-state index contributed by atoms with van der Waals surface area (Å²) in [4.78, 5) is 2.38. The maximum absolute atomic E-state index is 4.01. The topological polar surface area (TPSA) is 3.24 Å². The van der Waals surface area contributed by atoms with Gasteiger partial charge in [-0.3, -0.25) is 0 Å². The third-order valence-corrected chi connectivity index (χ3v) is 9.48. The molecule has 0 heterocycles. The highest BCUT2D eigenvalue weighted by molar-refractivity contribution is 5.78. The van der Waals surface area contributed by atoms with Crippen LogP contribution in [0.4, 0.5) is 17.1 Å². The van der Waals surface area contributed by atoms with E-state index >= 15 is 0 Å². The van der Waals surface area contributed by atoms with E-state index in [1.165, 1.54) is 48.2 Å². The minimum atomic E-state index is 0.215. The number of nitrogens with zero attached hydrogens (tertiary/aromatic N) is 1. The molecule has 0 atom stereocenters. The van der Waals surface area contributed by atoms with E-state index < -0.39 is 0 Å². The van der Waals surface area contributed by atoms with Crippen molar-refractivity contribution in [3.8, 4) is 0 Å². The van der Waals surface area contributed by atoms with Gasteiger partial charge < -0.3 is 4.90 Å². The highest BCUT2D eigenvalue weighted by Gasteiger charge is 2.35. The third-order valence-electron chi connectivity index (χ3n) is 9.48. The molecule has 198 valence electrons. The van der Waals surface area contributed by atoms with Gasteiger partial charge in [-0.2, -0.15) is 0 Å². The Kier molecular flexibility index (Phi) is 9.82. The minimum Gasteiger partial charge on any atom is -0.310 e. The molecule has 0 fully saturated rings. The zero-order valence-corrected chi connectivity index (χ0v) is 24.5. The Morgan fingerprint density at radius 2 is 1.19 bits per heavy atom. The third kappa shape index (κ3) is 5.71. The lowest BCUT2D eigenvalue weighted by Crippen LogP contribution is -2.33. The Morgan fingerprint density at radius 1 is 0.676 bits per heavy atom. The van der Waals surface area contributed by atoms with E-state index in [9.17, 15) is 0 Å². The van der Waals surface area contributed by atoms with Crippen LogP contribution in [-0.2, 0) is 10.8 Å². The fourth-order valence-electron chi connectivity index (χ4n) is 6.39. The predicted molar refractivity (Wildman–Crippen MR) is 165 cm³/mol. The number of hydrogen-bond acceptors (Lipinski definition) is 1. The number of benzene rings is 3. The van der Waals surface area contributed by atoms with Gasteiger partial charge in [0.25, 0.3) is 0 Å². The molecule has 3 rings (SSSR count). The van der Waals surface area contributed by atoms with Crippen LogP contribution in [0.2, 0.25) is 0 Å². The van der Waals surface area contributed by atoms with E-state index in [0.29, 0.717) is 5.92 Å². The Labute approximate surface area is 227 Å². The van der Waals surface area contributed by atoms with E-state index in [4.69, 9.17) is 0 Å². The second kappa shape index (κ2) is 12.6. The Hall–Kier alpha value is -2.80. The van der Waals surface area contributed by atoms with Crippen LogP contribution in [0.5, 0.6) is 0 Å². The van der Waals surface area contributed by atoms with Gasteiger partial charge in [0, 0.05) is 17.1 Å². The molecule has 1 nitrogen and oxygen atoms in total. The Balaban J connectivity index is 2.11. The van der Waals surface area contributed by atoms with Crippen molar-refractivity contribution in [1.29, 1.82) is 0 Å². The molecule has 0 bridgehead atoms. The first-order chi connectivity index (χ1) is 17.9. The summed E-state index contributed by atoms with van der Waals surface area (Å²) in [5.41, 5.74) is 8.01. The van der Waals surface area contributed by atoms with E-state index in [2.05, 4.69) is 133 Å². The average Bonchev–Trinajstić information content (AvgIpc) is 2.96. The van der Waals surface area contributed by atoms with Gasteiger partial charge in [0.2, 0.25) is 0 Å². The molecule has 0 saturated carbocycles. The number of rotatable bonds is 13. The summed E-state index contributed by atoms with van der Waals surface area (Å²) in [5, 5.41) is 0. The summed E-state index contributed by atoms with van der Waals surface area (Å²) in [5.74, 6) is 0.702. The van der Waals surface area contributed by atoms with Gasteiger partial charge >= 0.3 is 0 Å². The van der Waals surface area contributed by atoms with Crippen molar-refractivity contribution in [2.45, 2.75) is 97.8 Å². The molecule has 0 spiro atoms. The molecule has 3 aromatic carbocycles. The quantitative estimate of drug-likeness (QED) is 0.228. The van der Waals surface area contributed by atoms with Gasteiger partial charge in [-0.1, -0.05) is 110 Å². The zero-order chi connectivity index (χ0) is 27.1. The highest BCUT2D eigenvalue weighted by atomic mass is 15.1. The second-order valence-electron chi connectivity index (χ2n) is 10.9. The normalized spacial score (nSPS) is 12.1. The lowest BCUT2D eigenvalue weighted by molar-refractivity contribution is 0.231. The smallest absolute Gasteiger partial charge is 0.0467 e. The lowest BCUT2D eigenvalue weighted by atomic mass is 9.65. The minimum absolute atomic E-state index is 0.215. The van der Waals surface area contributed by atoms with Crippen LogP contribution in [-0.4, -0.2) is 0 Å². The molecule has 0 aliphatic rings. The first-order valence-electron chi connectivity index (χ1n) is 14.6. The largest absolute Gasteiger partial charge is 0.310 e. The van der Waals surface area contributed by atoms with Crippen LogP contribution in [0.15, 0.2) is 79.4 Å². The van der Waals surface area contributed by atoms with Crippen molar-refractivity contribution >= 4 is 23.1 Å². The summed E-state index contributed by atoms with van der Waals surface area (Å²) < 4.78 is 0. The van der Waals surface area contributed by atoms with Gasteiger partial charge in [0.1, 0.15) is 0 Å². The first-order valence-corrected chi connectivity index (χ1v) is 14.6. The molecular formula is C36H49N. The molecule has 3 aromatic rings. The van der Waals surface area contributed by atoms with Crippen molar-refractivity contribution in [1.82, 2.24) is 0 Å². The highest BCUT2D eigenvalue weighted by Crippen LogP contribution is 2.44. The van der Waals surface area contributed by atoms with Gasteiger partial charge in [0.05, 0.1) is 0 Å². The molecule has 0 unspecified atom stereocenters. The molecule has 0 aliphatic heterocycles. The summed E-state index contributed by atoms with van der Waals surface area (Å²) in [6.07, 6.45) is 9.01. The van der Waals surface area contributed by atoms with E-state index in [1.807, 2.05) is 6.08 Å². The Bertz CT molecular complexity index is 1110. The molecule has 0 saturated heterocycles. The monoisotopic (exact) mass is 495 g/mol. The first kappa shape index (κ1) is 28.8. The number of anilines is 3. The summed E-state index contributed by atoms with van der Waals surface area (Å²) in [6.45, 7) is 20.4.